The third kappa shape index (κ3) is 2.37. The molecule has 0 amide bonds. The smallest absolute Gasteiger partial charge is 0.131 e. The number of nitrogens with two attached hydrogens (primary N) is 1. The van der Waals surface area contributed by atoms with Gasteiger partial charge >= 0.3 is 0 Å². The molecule has 1 rings (SSSR count). The van der Waals surface area contributed by atoms with Gasteiger partial charge in [-0.2, -0.15) is 0 Å². The van der Waals surface area contributed by atoms with Crippen molar-refractivity contribution >= 4 is 11.6 Å². The maximum atomic E-state index is 11.6. The summed E-state index contributed by atoms with van der Waals surface area (Å²) in [5.74, 6) is 0.927. The van der Waals surface area contributed by atoms with Crippen LogP contribution in [-0.4, -0.2) is 23.2 Å². The van der Waals surface area contributed by atoms with Gasteiger partial charge in [0.25, 0.3) is 0 Å². The average molecular weight is 156 g/mol. The van der Waals surface area contributed by atoms with Crippen LogP contribution in [-0.2, 0) is 0 Å². The third-order valence-corrected chi connectivity index (χ3v) is 1.09. The predicted octanol–water partition coefficient (Wildman–Crippen LogP) is 0.440. The molecule has 0 aliphatic carbocycles. The van der Waals surface area contributed by atoms with E-state index in [9.17, 15) is 4.39 Å². The quantitative estimate of drug-likeness (QED) is 0.666. The highest BCUT2D eigenvalue weighted by Crippen LogP contribution is 2.03. The van der Waals surface area contributed by atoms with E-state index in [2.05, 4.69) is 15.3 Å². The SMILES string of the molecule is Nc1cc(NCCF)ncn1. The van der Waals surface area contributed by atoms with E-state index in [4.69, 9.17) is 5.73 Å². The van der Waals surface area contributed by atoms with E-state index >= 15 is 0 Å². The second-order valence-electron chi connectivity index (χ2n) is 1.94. The molecule has 0 spiro atoms. The lowest BCUT2D eigenvalue weighted by atomic mass is 10.5. The fraction of sp³-hybridized carbons (Fsp3) is 0.333. The third-order valence-electron chi connectivity index (χ3n) is 1.09. The molecule has 11 heavy (non-hydrogen) atoms. The molecule has 0 atom stereocenters. The van der Waals surface area contributed by atoms with E-state index in [1.165, 1.54) is 6.33 Å². The molecule has 0 unspecified atom stereocenters. The summed E-state index contributed by atoms with van der Waals surface area (Å²) in [4.78, 5) is 7.49. The first-order chi connectivity index (χ1) is 5.33. The van der Waals surface area contributed by atoms with Crippen molar-refractivity contribution in [2.45, 2.75) is 0 Å². The maximum absolute atomic E-state index is 11.6. The summed E-state index contributed by atoms with van der Waals surface area (Å²) in [6, 6.07) is 1.55. The van der Waals surface area contributed by atoms with E-state index in [0.29, 0.717) is 11.6 Å². The van der Waals surface area contributed by atoms with Gasteiger partial charge in [0, 0.05) is 12.6 Å². The first-order valence-electron chi connectivity index (χ1n) is 3.20. The van der Waals surface area contributed by atoms with Gasteiger partial charge in [-0.05, 0) is 0 Å². The number of anilines is 2. The second kappa shape index (κ2) is 3.70. The number of nitrogens with zero attached hydrogens (tertiary/aromatic N) is 2. The molecule has 1 heterocycles. The molecule has 0 aromatic carbocycles. The molecular weight excluding hydrogens is 147 g/mol. The molecule has 3 N–H and O–H groups in total. The van der Waals surface area contributed by atoms with Crippen LogP contribution < -0.4 is 11.1 Å². The standard InChI is InChI=1S/C6H9FN4/c7-1-2-9-6-3-5(8)10-4-11-6/h3-4H,1-2H2,(H3,8,9,10,11). The van der Waals surface area contributed by atoms with Crippen LogP contribution in [0.15, 0.2) is 12.4 Å². The van der Waals surface area contributed by atoms with Gasteiger partial charge in [0.05, 0.1) is 0 Å². The zero-order valence-electron chi connectivity index (χ0n) is 5.92. The van der Waals surface area contributed by atoms with Crippen LogP contribution >= 0.6 is 0 Å². The van der Waals surface area contributed by atoms with Crippen molar-refractivity contribution in [3.05, 3.63) is 12.4 Å². The summed E-state index contributed by atoms with van der Waals surface area (Å²) < 4.78 is 11.6. The molecule has 1 aromatic heterocycles. The molecule has 0 saturated heterocycles. The Morgan fingerprint density at radius 1 is 1.55 bits per heavy atom. The molecule has 0 fully saturated rings. The van der Waals surface area contributed by atoms with Crippen molar-refractivity contribution in [3.63, 3.8) is 0 Å². The zero-order valence-corrected chi connectivity index (χ0v) is 5.92. The van der Waals surface area contributed by atoms with Gasteiger partial charge in [-0.1, -0.05) is 0 Å². The van der Waals surface area contributed by atoms with E-state index in [1.807, 2.05) is 0 Å². The lowest BCUT2D eigenvalue weighted by Crippen LogP contribution is -2.05. The Kier molecular flexibility index (Phi) is 2.59. The highest BCUT2D eigenvalue weighted by molar-refractivity contribution is 5.42. The topological polar surface area (TPSA) is 63.8 Å². The minimum absolute atomic E-state index is 0.246. The highest BCUT2D eigenvalue weighted by atomic mass is 19.1. The van der Waals surface area contributed by atoms with Crippen LogP contribution in [0.25, 0.3) is 0 Å². The Bertz CT molecular complexity index is 228. The zero-order chi connectivity index (χ0) is 8.10. The first kappa shape index (κ1) is 7.71. The van der Waals surface area contributed by atoms with E-state index in [0.717, 1.165) is 0 Å². The largest absolute Gasteiger partial charge is 0.384 e. The van der Waals surface area contributed by atoms with E-state index in [1.54, 1.807) is 6.07 Å². The van der Waals surface area contributed by atoms with Gasteiger partial charge in [0.1, 0.15) is 24.6 Å². The van der Waals surface area contributed by atoms with E-state index < -0.39 is 6.67 Å². The lowest BCUT2D eigenvalue weighted by Gasteiger charge is -2.01. The number of halogens is 1. The molecule has 0 aliphatic heterocycles. The number of nitrogens with one attached hydrogen (secondary N) is 1. The van der Waals surface area contributed by atoms with Crippen LogP contribution in [0.2, 0.25) is 0 Å². The number of hydrogen-bond acceptors (Lipinski definition) is 4. The molecule has 1 aromatic rings. The van der Waals surface area contributed by atoms with Crippen molar-refractivity contribution in [1.29, 1.82) is 0 Å². The summed E-state index contributed by atoms with van der Waals surface area (Å²) in [5.41, 5.74) is 5.35. The molecule has 5 heteroatoms. The van der Waals surface area contributed by atoms with Gasteiger partial charge in [0.15, 0.2) is 0 Å². The van der Waals surface area contributed by atoms with Crippen molar-refractivity contribution < 1.29 is 4.39 Å². The minimum atomic E-state index is -0.427. The lowest BCUT2D eigenvalue weighted by molar-refractivity contribution is 0.512. The maximum Gasteiger partial charge on any atom is 0.131 e. The van der Waals surface area contributed by atoms with Gasteiger partial charge < -0.3 is 11.1 Å². The molecule has 0 aliphatic rings. The van der Waals surface area contributed by atoms with Gasteiger partial charge in [-0.3, -0.25) is 0 Å². The summed E-state index contributed by atoms with van der Waals surface area (Å²) in [6.45, 7) is -0.180. The van der Waals surface area contributed by atoms with Crippen molar-refractivity contribution in [2.75, 3.05) is 24.3 Å². The van der Waals surface area contributed by atoms with Crippen LogP contribution in [0.3, 0.4) is 0 Å². The fourth-order valence-corrected chi connectivity index (χ4v) is 0.644. The van der Waals surface area contributed by atoms with Crippen LogP contribution in [0, 0.1) is 0 Å². The number of hydrogen-bond donors (Lipinski definition) is 2. The van der Waals surface area contributed by atoms with Crippen LogP contribution in [0.1, 0.15) is 0 Å². The normalized spacial score (nSPS) is 9.55. The molecule has 4 nitrogen and oxygen atoms in total. The Morgan fingerprint density at radius 2 is 2.36 bits per heavy atom. The van der Waals surface area contributed by atoms with Gasteiger partial charge in [0.2, 0.25) is 0 Å². The van der Waals surface area contributed by atoms with Crippen molar-refractivity contribution in [2.24, 2.45) is 0 Å². The predicted molar refractivity (Wildman–Crippen MR) is 40.9 cm³/mol. The second-order valence-corrected chi connectivity index (χ2v) is 1.94. The highest BCUT2D eigenvalue weighted by Gasteiger charge is 1.92. The monoisotopic (exact) mass is 156 g/mol. The Labute approximate surface area is 63.7 Å². The van der Waals surface area contributed by atoms with Crippen molar-refractivity contribution in [3.8, 4) is 0 Å². The number of alkyl halides is 1. The Hall–Kier alpha value is -1.39. The molecule has 60 valence electrons. The fourth-order valence-electron chi connectivity index (χ4n) is 0.644. The molecular formula is C6H9FN4. The molecule has 0 bridgehead atoms. The summed E-state index contributed by atoms with van der Waals surface area (Å²) >= 11 is 0. The Morgan fingerprint density at radius 3 is 3.00 bits per heavy atom. The number of rotatable bonds is 3. The average Bonchev–Trinajstić information content (AvgIpc) is 2.01. The number of nitrogen functional groups attached to an aromatic ring is 1. The summed E-state index contributed by atoms with van der Waals surface area (Å²) in [5, 5.41) is 2.73. The first-order valence-corrected chi connectivity index (χ1v) is 3.20. The number of aromatic nitrogens is 2. The van der Waals surface area contributed by atoms with Crippen LogP contribution in [0.5, 0.6) is 0 Å². The summed E-state index contributed by atoms with van der Waals surface area (Å²) in [7, 11) is 0. The molecule has 0 radical (unpaired) electrons. The Balaban J connectivity index is 2.56. The van der Waals surface area contributed by atoms with Gasteiger partial charge in [-0.25, -0.2) is 14.4 Å². The van der Waals surface area contributed by atoms with Crippen LogP contribution in [0.4, 0.5) is 16.0 Å². The van der Waals surface area contributed by atoms with E-state index in [-0.39, 0.29) is 6.54 Å². The molecule has 0 saturated carbocycles. The van der Waals surface area contributed by atoms with Gasteiger partial charge in [-0.15, -0.1) is 0 Å². The summed E-state index contributed by atoms with van der Waals surface area (Å²) in [6.07, 6.45) is 1.33. The van der Waals surface area contributed by atoms with Crippen molar-refractivity contribution in [1.82, 2.24) is 9.97 Å². The minimum Gasteiger partial charge on any atom is -0.384 e.